The SMILES string of the molecule is CCCCCCCCCCCCN.CCCCCCOP(=S)(S)OCCCCCC. The van der Waals surface area contributed by atoms with Gasteiger partial charge in [-0.1, -0.05) is 129 Å². The molecule has 0 aliphatic rings. The lowest BCUT2D eigenvalue weighted by molar-refractivity contribution is 0.250. The molecule has 30 heavy (non-hydrogen) atoms. The molecule has 0 saturated heterocycles. The van der Waals surface area contributed by atoms with E-state index in [1.54, 1.807) is 0 Å². The second kappa shape index (κ2) is 27.9. The third kappa shape index (κ3) is 31.1. The molecule has 0 aromatic heterocycles. The molecule has 0 heterocycles. The minimum Gasteiger partial charge on any atom is -0.330 e. The first-order valence-electron chi connectivity index (χ1n) is 12.9. The van der Waals surface area contributed by atoms with Gasteiger partial charge in [0.25, 0.3) is 0 Å². The minimum atomic E-state index is -2.26. The average Bonchev–Trinajstić information content (AvgIpc) is 2.73. The molecule has 0 saturated carbocycles. The van der Waals surface area contributed by atoms with Gasteiger partial charge in [-0.25, -0.2) is 0 Å². The molecule has 0 unspecified atom stereocenters. The van der Waals surface area contributed by atoms with Crippen molar-refractivity contribution in [1.29, 1.82) is 0 Å². The van der Waals surface area contributed by atoms with Crippen molar-refractivity contribution in [2.75, 3.05) is 19.8 Å². The molecule has 2 N–H and O–H groups in total. The van der Waals surface area contributed by atoms with Gasteiger partial charge in [-0.15, -0.1) is 0 Å². The normalized spacial score (nSPS) is 11.4. The lowest BCUT2D eigenvalue weighted by Crippen LogP contribution is -1.97. The fourth-order valence-electron chi connectivity index (χ4n) is 3.09. The average molecular weight is 484 g/mol. The fraction of sp³-hybridized carbons (Fsp3) is 1.00. The Labute approximate surface area is 200 Å². The van der Waals surface area contributed by atoms with Crippen LogP contribution >= 0.6 is 17.9 Å². The molecule has 6 heteroatoms. The van der Waals surface area contributed by atoms with Crippen LogP contribution in [0.25, 0.3) is 0 Å². The summed E-state index contributed by atoms with van der Waals surface area (Å²) in [6.07, 6.45) is 23.5. The monoisotopic (exact) mass is 483 g/mol. The summed E-state index contributed by atoms with van der Waals surface area (Å²) in [5.74, 6) is 0. The molecule has 0 rings (SSSR count). The Morgan fingerprint density at radius 1 is 0.567 bits per heavy atom. The summed E-state index contributed by atoms with van der Waals surface area (Å²) in [6, 6.07) is 0. The molecule has 0 aliphatic carbocycles. The van der Waals surface area contributed by atoms with Crippen molar-refractivity contribution in [3.05, 3.63) is 0 Å². The van der Waals surface area contributed by atoms with E-state index in [0.29, 0.717) is 13.2 Å². The van der Waals surface area contributed by atoms with E-state index >= 15 is 0 Å². The van der Waals surface area contributed by atoms with Gasteiger partial charge in [0.2, 0.25) is 5.69 Å². The van der Waals surface area contributed by atoms with Crippen LogP contribution in [0.2, 0.25) is 0 Å². The number of thiol groups is 1. The summed E-state index contributed by atoms with van der Waals surface area (Å²) in [5, 5.41) is 0. The van der Waals surface area contributed by atoms with E-state index < -0.39 is 5.69 Å². The van der Waals surface area contributed by atoms with Crippen molar-refractivity contribution in [3.63, 3.8) is 0 Å². The van der Waals surface area contributed by atoms with E-state index in [0.717, 1.165) is 19.4 Å². The first-order valence-corrected chi connectivity index (χ1v) is 16.6. The maximum absolute atomic E-state index is 5.55. The predicted octanol–water partition coefficient (Wildman–Crippen LogP) is 9.20. The highest BCUT2D eigenvalue weighted by molar-refractivity contribution is 8.60. The highest BCUT2D eigenvalue weighted by Gasteiger charge is 2.12. The molecule has 3 nitrogen and oxygen atoms in total. The summed E-state index contributed by atoms with van der Waals surface area (Å²) >= 11 is 9.55. The number of unbranched alkanes of at least 4 members (excludes halogenated alkanes) is 15. The van der Waals surface area contributed by atoms with Gasteiger partial charge in [0, 0.05) is 0 Å². The van der Waals surface area contributed by atoms with Crippen molar-refractivity contribution in [2.45, 2.75) is 136 Å². The molecule has 0 aromatic rings. The Hall–Kier alpha value is 0.880. The van der Waals surface area contributed by atoms with Gasteiger partial charge in [0.05, 0.1) is 13.2 Å². The molecule has 0 radical (unpaired) electrons. The smallest absolute Gasteiger partial charge is 0.244 e. The summed E-state index contributed by atoms with van der Waals surface area (Å²) < 4.78 is 11.1. The molecule has 0 amide bonds. The van der Waals surface area contributed by atoms with Gasteiger partial charge in [0.15, 0.2) is 0 Å². The second-order valence-electron chi connectivity index (χ2n) is 8.23. The maximum Gasteiger partial charge on any atom is 0.244 e. The molecule has 0 fully saturated rings. The third-order valence-electron chi connectivity index (χ3n) is 5.06. The molecule has 0 bridgehead atoms. The Morgan fingerprint density at radius 3 is 1.20 bits per heavy atom. The molecule has 0 spiro atoms. The molecule has 0 atom stereocenters. The molecule has 184 valence electrons. The van der Waals surface area contributed by atoms with E-state index in [2.05, 4.69) is 33.0 Å². The van der Waals surface area contributed by atoms with Gasteiger partial charge < -0.3 is 14.8 Å². The van der Waals surface area contributed by atoms with E-state index in [1.807, 2.05) is 0 Å². The topological polar surface area (TPSA) is 44.5 Å². The summed E-state index contributed by atoms with van der Waals surface area (Å²) in [6.45, 7) is 8.92. The first kappa shape index (κ1) is 33.1. The molecule has 0 aromatic carbocycles. The first-order chi connectivity index (χ1) is 14.5. The highest BCUT2D eigenvalue weighted by atomic mass is 32.9. The zero-order valence-corrected chi connectivity index (χ0v) is 23.2. The van der Waals surface area contributed by atoms with Crippen LogP contribution < -0.4 is 5.73 Å². The van der Waals surface area contributed by atoms with Crippen molar-refractivity contribution in [1.82, 2.24) is 0 Å². The lowest BCUT2D eigenvalue weighted by Gasteiger charge is -2.16. The van der Waals surface area contributed by atoms with E-state index in [1.165, 1.54) is 103 Å². The zero-order chi connectivity index (χ0) is 22.8. The van der Waals surface area contributed by atoms with Crippen molar-refractivity contribution in [3.8, 4) is 0 Å². The van der Waals surface area contributed by atoms with Gasteiger partial charge in [-0.05, 0) is 37.6 Å². The predicted molar refractivity (Wildman–Crippen MR) is 144 cm³/mol. The fourth-order valence-corrected chi connectivity index (χ4v) is 4.82. The zero-order valence-electron chi connectivity index (χ0n) is 20.5. The van der Waals surface area contributed by atoms with Crippen LogP contribution in [-0.2, 0) is 20.9 Å². The lowest BCUT2D eigenvalue weighted by atomic mass is 10.1. The summed E-state index contributed by atoms with van der Waals surface area (Å²) in [5.41, 5.74) is 3.16. The number of nitrogens with two attached hydrogens (primary N) is 1. The minimum absolute atomic E-state index is 0.690. The van der Waals surface area contributed by atoms with Crippen molar-refractivity contribution >= 4 is 29.7 Å². The molecular formula is C24H54NO2PS2. The van der Waals surface area contributed by atoms with Gasteiger partial charge in [-0.2, -0.15) is 0 Å². The Bertz CT molecular complexity index is 332. The van der Waals surface area contributed by atoms with E-state index in [-0.39, 0.29) is 0 Å². The molecule has 0 aliphatic heterocycles. The van der Waals surface area contributed by atoms with Crippen LogP contribution in [0.15, 0.2) is 0 Å². The Morgan fingerprint density at radius 2 is 0.867 bits per heavy atom. The van der Waals surface area contributed by atoms with Crippen LogP contribution in [0, 0.1) is 0 Å². The number of rotatable bonds is 22. The van der Waals surface area contributed by atoms with Crippen molar-refractivity contribution in [2.24, 2.45) is 5.73 Å². The number of hydrogen-bond donors (Lipinski definition) is 2. The maximum atomic E-state index is 5.55. The summed E-state index contributed by atoms with van der Waals surface area (Å²) in [7, 11) is 0. The van der Waals surface area contributed by atoms with Gasteiger partial charge in [0.1, 0.15) is 0 Å². The quantitative estimate of drug-likeness (QED) is 0.0915. The van der Waals surface area contributed by atoms with Crippen molar-refractivity contribution < 1.29 is 9.05 Å². The third-order valence-corrected chi connectivity index (χ3v) is 7.41. The van der Waals surface area contributed by atoms with E-state index in [4.69, 9.17) is 26.6 Å². The Kier molecular flexibility index (Phi) is 30.8. The Balaban J connectivity index is 0. The van der Waals surface area contributed by atoms with Crippen LogP contribution in [-0.4, -0.2) is 19.8 Å². The second-order valence-corrected chi connectivity index (χ2v) is 13.5. The van der Waals surface area contributed by atoms with Gasteiger partial charge in [-0.3, -0.25) is 0 Å². The highest BCUT2D eigenvalue weighted by Crippen LogP contribution is 2.53. The van der Waals surface area contributed by atoms with E-state index in [9.17, 15) is 0 Å². The van der Waals surface area contributed by atoms with Crippen LogP contribution in [0.5, 0.6) is 0 Å². The van der Waals surface area contributed by atoms with Gasteiger partial charge >= 0.3 is 0 Å². The van der Waals surface area contributed by atoms with Crippen LogP contribution in [0.4, 0.5) is 0 Å². The van der Waals surface area contributed by atoms with Crippen LogP contribution in [0.1, 0.15) is 136 Å². The van der Waals surface area contributed by atoms with Crippen LogP contribution in [0.3, 0.4) is 0 Å². The largest absolute Gasteiger partial charge is 0.330 e. The molecular weight excluding hydrogens is 429 g/mol. The number of hydrogen-bond acceptors (Lipinski definition) is 4. The standard InChI is InChI=1S/C12H27N.C12H27O2PS2/c1-2-3-4-5-6-7-8-9-10-11-12-13;1-3-5-7-9-11-13-15(16,17)14-12-10-8-6-4-2/h2-13H2,1H3;3-12H2,1-2H3,(H,16,17). The summed E-state index contributed by atoms with van der Waals surface area (Å²) in [4.78, 5) is 0.